The van der Waals surface area contributed by atoms with Gasteiger partial charge < -0.3 is 85.2 Å². The predicted octanol–water partition coefficient (Wildman–Crippen LogP) is 1.75. The van der Waals surface area contributed by atoms with Crippen LogP contribution in [0.15, 0.2) is 49.3 Å². The molecule has 3 saturated heterocycles. The minimum atomic E-state index is -5.03. The molecule has 4 fully saturated rings. The van der Waals surface area contributed by atoms with Gasteiger partial charge in [0.1, 0.15) is 24.5 Å². The van der Waals surface area contributed by atoms with Gasteiger partial charge in [0.15, 0.2) is 6.57 Å². The molecule has 526 valence electrons. The Kier molecular flexibility index (Phi) is 25.4. The number of allylic oxidation sites excluding steroid dienone is 6. The molecule has 5 amide bonds. The number of nitrogens with zero attached hydrogens (tertiary/aromatic N) is 6. The van der Waals surface area contributed by atoms with Crippen molar-refractivity contribution < 1.29 is 89.9 Å². The van der Waals surface area contributed by atoms with Gasteiger partial charge in [0.05, 0.1) is 24.3 Å². The first-order valence-corrected chi connectivity index (χ1v) is 33.2. The largest absolute Gasteiger partial charge is 0.862 e. The number of hydrogen-bond acceptors (Lipinski definition) is 21. The quantitative estimate of drug-likeness (QED) is 0.0334. The van der Waals surface area contributed by atoms with Crippen molar-refractivity contribution in [1.82, 2.24) is 15.5 Å². The van der Waals surface area contributed by atoms with Gasteiger partial charge in [-0.1, -0.05) is 61.6 Å². The van der Waals surface area contributed by atoms with Crippen molar-refractivity contribution in [2.24, 2.45) is 95.1 Å². The van der Waals surface area contributed by atoms with Crippen LogP contribution in [0.5, 0.6) is 0 Å². The van der Waals surface area contributed by atoms with Crippen molar-refractivity contribution in [3.8, 4) is 0 Å². The van der Waals surface area contributed by atoms with E-state index in [4.69, 9.17) is 79.7 Å². The molecular formula is C63H97CoN14O15P-3. The van der Waals surface area contributed by atoms with E-state index in [1.165, 1.54) is 6.92 Å². The fraction of sp³-hybridized carbons (Fsp3) is 0.730. The van der Waals surface area contributed by atoms with E-state index in [-0.39, 0.29) is 118 Å². The number of rotatable bonds is 26. The van der Waals surface area contributed by atoms with E-state index in [9.17, 15) is 53.9 Å². The fourth-order valence-corrected chi connectivity index (χ4v) is 17.8. The number of carbonyl (C=O) groups is 5. The second-order valence-electron chi connectivity index (χ2n) is 28.3. The monoisotopic (exact) mass is 1380 g/mol. The molecule has 0 spiro atoms. The first kappa shape index (κ1) is 78.9. The van der Waals surface area contributed by atoms with E-state index in [2.05, 4.69) is 24.5 Å². The number of nitrogens with one attached hydrogen (secondary N) is 4. The Labute approximate surface area is 560 Å². The fourth-order valence-electron chi connectivity index (χ4n) is 16.6. The molecule has 8 rings (SSSR count). The van der Waals surface area contributed by atoms with Crippen LogP contribution >= 0.6 is 7.82 Å². The van der Waals surface area contributed by atoms with Gasteiger partial charge in [-0.15, -0.1) is 6.04 Å². The van der Waals surface area contributed by atoms with Crippen LogP contribution in [0.2, 0.25) is 0 Å². The minimum Gasteiger partial charge on any atom is -0.862 e. The van der Waals surface area contributed by atoms with Crippen LogP contribution in [0.3, 0.4) is 0 Å². The molecule has 1 aliphatic carbocycles. The molecule has 7 heterocycles. The molecule has 1 saturated carbocycles. The summed E-state index contributed by atoms with van der Waals surface area (Å²) >= 11 is 0. The average molecular weight is 1380 g/mol. The van der Waals surface area contributed by atoms with E-state index in [0.717, 1.165) is 12.8 Å². The summed E-state index contributed by atoms with van der Waals surface area (Å²) in [6.45, 7) is 24.8. The molecule has 29 nitrogen and oxygen atoms in total. The number of aliphatic hydroxyl groups excluding tert-OH is 2. The summed E-state index contributed by atoms with van der Waals surface area (Å²) in [6.07, 6.45) is -4.01. The van der Waals surface area contributed by atoms with Gasteiger partial charge in [-0.3, -0.25) is 52.9 Å². The van der Waals surface area contributed by atoms with Gasteiger partial charge in [-0.25, -0.2) is 4.57 Å². The molecule has 0 aromatic rings. The van der Waals surface area contributed by atoms with Crippen molar-refractivity contribution in [2.45, 2.75) is 214 Å². The summed E-state index contributed by atoms with van der Waals surface area (Å²) in [4.78, 5) is 97.9. The number of aliphatic imine (C=N–C) groups is 3. The topological polar surface area (TPSA) is 522 Å². The SMILES string of the molecule is CC1=C2N=C(C=C3NC(=C(C)C4=N[C@@](C)([C@@H]5N=C1[C@](C)(CCC(=O)NC[C@@H](C)OP(=O)(O)O[C@H]1[C@@H](O)[C@@H](N6C[N-]C7CC(C)C(C)CC76)O[C@@H]1CO)[C@H]5CC(N)=O)[C@@](C)(CC(N)=O)[C@@H]4CCC(N)=O)[C@@](C)(CC(N)=O)[C@@H]3CCC(=N)[O-])C(C)(C)[C@@H]2CCC(=N)[O-].O.[C]#N.[Co]. The third-order valence-electron chi connectivity index (χ3n) is 22.0. The summed E-state index contributed by atoms with van der Waals surface area (Å²) in [5, 5.41) is 80.5. The molecule has 19 atom stereocenters. The summed E-state index contributed by atoms with van der Waals surface area (Å²) in [5.41, 5.74) is 22.2. The summed E-state index contributed by atoms with van der Waals surface area (Å²) in [6, 6.07) is -1.05. The van der Waals surface area contributed by atoms with Crippen molar-refractivity contribution in [3.05, 3.63) is 46.2 Å². The second-order valence-corrected chi connectivity index (χ2v) is 29.7. The van der Waals surface area contributed by atoms with Crippen LogP contribution in [0.4, 0.5) is 0 Å². The number of fused-ring (bicyclic) bond motifs is 7. The molecule has 8 bridgehead atoms. The van der Waals surface area contributed by atoms with Gasteiger partial charge in [0.2, 0.25) is 29.5 Å². The van der Waals surface area contributed by atoms with Crippen molar-refractivity contribution in [3.63, 3.8) is 0 Å². The second kappa shape index (κ2) is 30.3. The Morgan fingerprint density at radius 2 is 1.50 bits per heavy atom. The third kappa shape index (κ3) is 15.5. The number of nitrogens with two attached hydrogens (primary N) is 4. The van der Waals surface area contributed by atoms with Crippen molar-refractivity contribution >= 4 is 66.3 Å². The maximum atomic E-state index is 14.4. The standard InChI is InChI=1S/C62H97N13O14P.CN.Co.H2O/c1-29-20-39-40(21-30(29)2)75(28-70-39)57-52(84)53(41(27-76)87-57)89-90(85,86)88-31(3)26-69-49(83)18-19-59(8)37(22-46(66)80)56-62(11)61(10,25-48(68)82)36(14-17-45(65)79)51(74-62)33(5)55-60(9,24-47(67)81)34(12-15-43(63)77)38(71-55)23-42-58(6,7)35(13-16-44(64)78)50(72-42)32(4)54(59)73-56;1-2;;/h23,29-31,34-37,39-41,52-53,56-57,71,76,84H,12-22,24-28H2,1-11H3,(H2,63,77)(H2,64,78)(H2,65,79)(H2,66,80)(H2,67,81)(H2,68,82)(H,69,83)(H,85,86);;;1H2/q-1;;;/p-2/t29?,30?,31-,34-,35-,36-,37+,39?,40?,41-,52-,53-,56-,57+,59-,60+,61+,62+;;;/m1.../s1. The van der Waals surface area contributed by atoms with Crippen LogP contribution in [0.1, 0.15) is 160 Å². The van der Waals surface area contributed by atoms with E-state index in [0.29, 0.717) is 57.2 Å². The molecule has 8 aliphatic rings. The number of carbonyl (C=O) groups excluding carboxylic acids is 5. The number of phosphoric ester groups is 1. The summed E-state index contributed by atoms with van der Waals surface area (Å²) in [5.74, 6) is -6.97. The Bertz CT molecular complexity index is 3210. The smallest absolute Gasteiger partial charge is 0.472 e. The number of primary amides is 4. The first-order valence-electron chi connectivity index (χ1n) is 31.7. The Balaban J connectivity index is 0.00000396. The van der Waals surface area contributed by atoms with Crippen LogP contribution in [-0.2, 0) is 59.1 Å². The van der Waals surface area contributed by atoms with E-state index in [1.54, 1.807) is 6.92 Å². The molecular weight excluding hydrogens is 1280 g/mol. The zero-order valence-electron chi connectivity index (χ0n) is 55.6. The molecule has 0 aromatic carbocycles. The number of hydrogen-bond donors (Lipinski definition) is 11. The summed E-state index contributed by atoms with van der Waals surface area (Å²) < 4.78 is 30.9. The minimum absolute atomic E-state index is 0. The Hall–Kier alpha value is -5.81. The summed E-state index contributed by atoms with van der Waals surface area (Å²) in [7, 11) is -5.03. The third-order valence-corrected chi connectivity index (χ3v) is 23.1. The predicted molar refractivity (Wildman–Crippen MR) is 340 cm³/mol. The molecule has 31 heteroatoms. The van der Waals surface area contributed by atoms with Gasteiger partial charge in [-0.05, 0) is 120 Å². The van der Waals surface area contributed by atoms with Gasteiger partial charge >= 0.3 is 7.82 Å². The van der Waals surface area contributed by atoms with Gasteiger partial charge in [-0.2, -0.15) is 5.26 Å². The molecule has 2 radical (unpaired) electrons. The zero-order chi connectivity index (χ0) is 68.7. The molecule has 0 aromatic heterocycles. The van der Waals surface area contributed by atoms with Crippen LogP contribution in [0, 0.1) is 79.8 Å². The maximum absolute atomic E-state index is 14.4. The number of aliphatic hydroxyl groups is 2. The normalized spacial score (nSPS) is 35.6. The maximum Gasteiger partial charge on any atom is 0.472 e. The molecule has 5 unspecified atom stereocenters. The zero-order valence-corrected chi connectivity index (χ0v) is 57.5. The number of amides is 5. The van der Waals surface area contributed by atoms with E-state index < -0.39 is 143 Å². The van der Waals surface area contributed by atoms with Crippen molar-refractivity contribution in [1.29, 1.82) is 16.1 Å². The van der Waals surface area contributed by atoms with Gasteiger partial charge in [0, 0.05) is 135 Å². The molecule has 17 N–H and O–H groups in total. The van der Waals surface area contributed by atoms with Crippen LogP contribution in [-0.4, -0.2) is 158 Å². The van der Waals surface area contributed by atoms with Gasteiger partial charge in [0.25, 0.3) is 0 Å². The van der Waals surface area contributed by atoms with Crippen molar-refractivity contribution in [2.75, 3.05) is 19.8 Å². The Morgan fingerprint density at radius 3 is 2.07 bits per heavy atom. The first-order chi connectivity index (χ1) is 42.8. The van der Waals surface area contributed by atoms with Crippen LogP contribution in [0.25, 0.3) is 5.32 Å². The number of ether oxygens (including phenoxy) is 1. The molecule has 94 heavy (non-hydrogen) atoms. The molecule has 7 aliphatic heterocycles. The van der Waals surface area contributed by atoms with E-state index in [1.807, 2.05) is 59.4 Å². The average Bonchev–Trinajstić information content (AvgIpc) is 1.53. The van der Waals surface area contributed by atoms with E-state index >= 15 is 0 Å². The number of phosphoric acid groups is 1. The Morgan fingerprint density at radius 1 is 0.904 bits per heavy atom. The van der Waals surface area contributed by atoms with Crippen LogP contribution < -0.4 is 43.8 Å².